The van der Waals surface area contributed by atoms with Crippen molar-refractivity contribution in [3.8, 4) is 17.2 Å². The lowest BCUT2D eigenvalue weighted by molar-refractivity contribution is 0.0974. The van der Waals surface area contributed by atoms with Gasteiger partial charge in [0.1, 0.15) is 11.3 Å². The predicted molar refractivity (Wildman–Crippen MR) is 143 cm³/mol. The number of aromatic nitrogens is 1. The summed E-state index contributed by atoms with van der Waals surface area (Å²) in [6.07, 6.45) is 1.06. The lowest BCUT2D eigenvalue weighted by atomic mass is 9.98. The van der Waals surface area contributed by atoms with Crippen molar-refractivity contribution in [2.75, 3.05) is 12.4 Å². The normalized spacial score (nSPS) is 11.8. The summed E-state index contributed by atoms with van der Waals surface area (Å²) in [5, 5.41) is 5.91. The summed E-state index contributed by atoms with van der Waals surface area (Å²) in [6.45, 7) is 4.37. The molecule has 3 aromatic carbocycles. The zero-order valence-corrected chi connectivity index (χ0v) is 21.4. The third kappa shape index (κ3) is 5.29. The number of fused-ring (bicyclic) bond motifs is 1. The van der Waals surface area contributed by atoms with E-state index >= 15 is 0 Å². The van der Waals surface area contributed by atoms with Crippen LogP contribution < -0.4 is 15.4 Å². The number of carbonyl (C=O) groups is 1. The van der Waals surface area contributed by atoms with Crippen LogP contribution in [0.2, 0.25) is 0 Å². The number of nitrogens with one attached hydrogen (secondary N) is 2. The molecular weight excluding hydrogens is 514 g/mol. The topological polar surface area (TPSA) is 76.4 Å². The van der Waals surface area contributed by atoms with Crippen LogP contribution in [0.5, 0.6) is 5.75 Å². The second kappa shape index (κ2) is 10.4. The second-order valence-electron chi connectivity index (χ2n) is 7.89. The van der Waals surface area contributed by atoms with Crippen molar-refractivity contribution in [2.24, 2.45) is 0 Å². The summed E-state index contributed by atoms with van der Waals surface area (Å²) < 4.78 is 12.0. The van der Waals surface area contributed by atoms with E-state index in [1.54, 1.807) is 18.2 Å². The Morgan fingerprint density at radius 2 is 2.00 bits per heavy atom. The summed E-state index contributed by atoms with van der Waals surface area (Å²) in [6, 6.07) is 18.8. The van der Waals surface area contributed by atoms with E-state index < -0.39 is 0 Å². The van der Waals surface area contributed by atoms with Crippen molar-refractivity contribution in [2.45, 2.75) is 26.2 Å². The molecule has 34 heavy (non-hydrogen) atoms. The maximum atomic E-state index is 12.7. The molecule has 1 aromatic heterocycles. The van der Waals surface area contributed by atoms with Gasteiger partial charge in [0.2, 0.25) is 5.89 Å². The SMILES string of the molecule is CC[C@H](C)c1ccc2oc(-c3cccc(NC(=S)NC(=O)c4cc(Br)ccc4OC)c3)nc2c1. The highest BCUT2D eigenvalue weighted by Crippen LogP contribution is 2.29. The number of nitrogens with zero attached hydrogens (tertiary/aromatic N) is 1. The molecule has 1 atom stereocenters. The summed E-state index contributed by atoms with van der Waals surface area (Å²) in [7, 11) is 1.51. The van der Waals surface area contributed by atoms with Crippen LogP contribution in [-0.2, 0) is 0 Å². The van der Waals surface area contributed by atoms with Gasteiger partial charge in [-0.25, -0.2) is 4.98 Å². The summed E-state index contributed by atoms with van der Waals surface area (Å²) in [4.78, 5) is 17.4. The summed E-state index contributed by atoms with van der Waals surface area (Å²) >= 11 is 8.72. The molecule has 174 valence electrons. The van der Waals surface area contributed by atoms with Crippen molar-refractivity contribution in [3.05, 3.63) is 76.3 Å². The number of halogens is 1. The molecule has 1 amide bonds. The number of amides is 1. The van der Waals surface area contributed by atoms with Gasteiger partial charge in [-0.3, -0.25) is 10.1 Å². The number of oxazole rings is 1. The Bertz CT molecular complexity index is 1370. The molecule has 0 spiro atoms. The molecule has 0 aliphatic rings. The van der Waals surface area contributed by atoms with Crippen LogP contribution in [0.25, 0.3) is 22.6 Å². The van der Waals surface area contributed by atoms with Gasteiger partial charge in [0.05, 0.1) is 12.7 Å². The van der Waals surface area contributed by atoms with E-state index in [0.29, 0.717) is 28.8 Å². The smallest absolute Gasteiger partial charge is 0.261 e. The highest BCUT2D eigenvalue weighted by molar-refractivity contribution is 9.10. The summed E-state index contributed by atoms with van der Waals surface area (Å²) in [5.41, 5.74) is 4.69. The Morgan fingerprint density at radius 3 is 2.76 bits per heavy atom. The van der Waals surface area contributed by atoms with Crippen LogP contribution in [0, 0.1) is 0 Å². The van der Waals surface area contributed by atoms with Gasteiger partial charge in [0.15, 0.2) is 10.7 Å². The van der Waals surface area contributed by atoms with E-state index in [9.17, 15) is 4.79 Å². The highest BCUT2D eigenvalue weighted by atomic mass is 79.9. The van der Waals surface area contributed by atoms with Crippen molar-refractivity contribution >= 4 is 56.0 Å². The molecule has 4 rings (SSSR count). The van der Waals surface area contributed by atoms with Crippen LogP contribution in [0.4, 0.5) is 5.69 Å². The molecule has 0 aliphatic carbocycles. The van der Waals surface area contributed by atoms with Crippen molar-refractivity contribution in [1.29, 1.82) is 0 Å². The first kappa shape index (κ1) is 23.9. The third-order valence-corrected chi connectivity index (χ3v) is 6.29. The van der Waals surface area contributed by atoms with Crippen molar-refractivity contribution in [1.82, 2.24) is 10.3 Å². The molecule has 0 unspecified atom stereocenters. The van der Waals surface area contributed by atoms with Gasteiger partial charge >= 0.3 is 0 Å². The molecule has 0 saturated carbocycles. The largest absolute Gasteiger partial charge is 0.496 e. The fourth-order valence-corrected chi connectivity index (χ4v) is 4.10. The highest BCUT2D eigenvalue weighted by Gasteiger charge is 2.15. The maximum Gasteiger partial charge on any atom is 0.261 e. The first-order valence-electron chi connectivity index (χ1n) is 10.8. The number of ether oxygens (including phenoxy) is 1. The Balaban J connectivity index is 1.50. The Morgan fingerprint density at radius 1 is 1.18 bits per heavy atom. The lowest BCUT2D eigenvalue weighted by Gasteiger charge is -2.12. The van der Waals surface area contributed by atoms with Crippen LogP contribution in [0.3, 0.4) is 0 Å². The van der Waals surface area contributed by atoms with E-state index in [2.05, 4.69) is 57.5 Å². The molecule has 4 aromatic rings. The average Bonchev–Trinajstić information content (AvgIpc) is 3.27. The van der Waals surface area contributed by atoms with Gasteiger partial charge < -0.3 is 14.5 Å². The van der Waals surface area contributed by atoms with Crippen LogP contribution in [-0.4, -0.2) is 23.1 Å². The van der Waals surface area contributed by atoms with Crippen LogP contribution in [0.1, 0.15) is 42.1 Å². The zero-order chi connectivity index (χ0) is 24.2. The number of carbonyl (C=O) groups excluding carboxylic acids is 1. The van der Waals surface area contributed by atoms with E-state index in [-0.39, 0.29) is 11.0 Å². The van der Waals surface area contributed by atoms with Gasteiger partial charge in [0, 0.05) is 15.7 Å². The van der Waals surface area contributed by atoms with Gasteiger partial charge in [-0.15, -0.1) is 0 Å². The molecule has 0 bridgehead atoms. The Kier molecular flexibility index (Phi) is 7.29. The van der Waals surface area contributed by atoms with E-state index in [1.165, 1.54) is 12.7 Å². The second-order valence-corrected chi connectivity index (χ2v) is 9.21. The Hall–Kier alpha value is -3.23. The molecule has 8 heteroatoms. The number of hydrogen-bond acceptors (Lipinski definition) is 5. The van der Waals surface area contributed by atoms with Gasteiger partial charge in [-0.1, -0.05) is 41.9 Å². The quantitative estimate of drug-likeness (QED) is 0.260. The summed E-state index contributed by atoms with van der Waals surface area (Å²) in [5.74, 6) is 1.07. The maximum absolute atomic E-state index is 12.7. The minimum absolute atomic E-state index is 0.167. The Labute approximate surface area is 211 Å². The van der Waals surface area contributed by atoms with Crippen LogP contribution in [0.15, 0.2) is 69.6 Å². The molecule has 6 nitrogen and oxygen atoms in total. The minimum atomic E-state index is -0.372. The van der Waals surface area contributed by atoms with Crippen molar-refractivity contribution in [3.63, 3.8) is 0 Å². The molecule has 2 N–H and O–H groups in total. The van der Waals surface area contributed by atoms with Gasteiger partial charge in [0.25, 0.3) is 5.91 Å². The van der Waals surface area contributed by atoms with E-state index in [0.717, 1.165) is 27.6 Å². The molecule has 0 radical (unpaired) electrons. The molecule has 1 heterocycles. The number of rotatable bonds is 6. The van der Waals surface area contributed by atoms with E-state index in [1.807, 2.05) is 30.3 Å². The lowest BCUT2D eigenvalue weighted by Crippen LogP contribution is -2.34. The van der Waals surface area contributed by atoms with Gasteiger partial charge in [-0.2, -0.15) is 0 Å². The average molecular weight is 538 g/mol. The number of thiocarbonyl (C=S) groups is 1. The number of benzene rings is 3. The zero-order valence-electron chi connectivity index (χ0n) is 19.0. The predicted octanol–water partition coefficient (Wildman–Crippen LogP) is 6.91. The fourth-order valence-electron chi connectivity index (χ4n) is 3.53. The fraction of sp³-hybridized carbons (Fsp3) is 0.192. The monoisotopic (exact) mass is 537 g/mol. The van der Waals surface area contributed by atoms with Gasteiger partial charge in [-0.05, 0) is 78.7 Å². The molecule has 0 aliphatic heterocycles. The number of anilines is 1. The molecular formula is C26H24BrN3O3S. The molecule has 0 fully saturated rings. The molecule has 0 saturated heterocycles. The number of methoxy groups -OCH3 is 1. The third-order valence-electron chi connectivity index (χ3n) is 5.59. The first-order valence-corrected chi connectivity index (χ1v) is 12.0. The van der Waals surface area contributed by atoms with Crippen LogP contribution >= 0.6 is 28.1 Å². The first-order chi connectivity index (χ1) is 16.4. The standard InChI is InChI=1S/C26H24BrN3O3S/c1-4-15(2)16-8-10-23-21(13-16)29-25(33-23)17-6-5-7-19(12-17)28-26(34)30-24(31)20-14-18(27)9-11-22(20)32-3/h5-15H,4H2,1-3H3,(H2,28,30,31,34)/t15-/m0/s1. The number of hydrogen-bond donors (Lipinski definition) is 2. The van der Waals surface area contributed by atoms with Crippen molar-refractivity contribution < 1.29 is 13.9 Å². The minimum Gasteiger partial charge on any atom is -0.496 e. The van der Waals surface area contributed by atoms with E-state index in [4.69, 9.17) is 21.4 Å².